The van der Waals surface area contributed by atoms with Gasteiger partial charge in [-0.05, 0) is 190 Å². The molecule has 8 heterocycles. The fourth-order valence-electron chi connectivity index (χ4n) is 18.4. The molecule has 0 amide bonds. The van der Waals surface area contributed by atoms with E-state index in [0.717, 1.165) is 15.4 Å². The van der Waals surface area contributed by atoms with Crippen molar-refractivity contribution in [2.45, 2.75) is 28.2 Å². The normalized spacial score (nSPS) is 10.8. The van der Waals surface area contributed by atoms with Crippen LogP contribution in [0.15, 0.2) is 473 Å². The molecule has 28 rings (SSSR count). The van der Waals surface area contributed by atoms with Crippen molar-refractivity contribution in [3.8, 4) is 22.6 Å². The molecule has 0 spiro atoms. The number of H-pyrrole nitrogens is 2. The Labute approximate surface area is 908 Å². The first-order valence-corrected chi connectivity index (χ1v) is 55.4. The molecule has 12 nitrogen and oxygen atoms in total. The number of thiophene rings is 5. The average Bonchev–Trinajstić information content (AvgIpc) is 1.56. The Kier molecular flexibility index (Phi) is 33.9. The summed E-state index contributed by atoms with van der Waals surface area (Å²) in [6.07, 6.45) is 0. The Morgan fingerprint density at radius 1 is 0.365 bits per heavy atom. The smallest absolute Gasteiger partial charge is 0.0559 e. The number of nitrogens with zero attached hydrogens (tertiary/aromatic N) is 4. The first-order valence-electron chi connectivity index (χ1n) is 47.2. The number of benzene rings is 20. The molecule has 2 radical (unpaired) electrons. The number of para-hydroxylation sites is 7. The van der Waals surface area contributed by atoms with Gasteiger partial charge in [0.2, 0.25) is 0 Å². The summed E-state index contributed by atoms with van der Waals surface area (Å²) < 4.78 is 26.2. The Hall–Kier alpha value is -14.4. The maximum atomic E-state index is 11.2. The third-order valence-corrected chi connectivity index (χ3v) is 35.3. The molecule has 148 heavy (non-hydrogen) atoms. The Morgan fingerprint density at radius 2 is 0.736 bits per heavy atom. The summed E-state index contributed by atoms with van der Waals surface area (Å²) in [5.74, 6) is 0.0185. The van der Waals surface area contributed by atoms with Crippen molar-refractivity contribution in [1.29, 1.82) is 0 Å². The van der Waals surface area contributed by atoms with Crippen LogP contribution < -0.4 is 20.6 Å². The Morgan fingerprint density at radius 3 is 1.26 bits per heavy atom. The molecule has 0 aliphatic carbocycles. The minimum absolute atomic E-state index is 0. The monoisotopic (exact) mass is 2240 g/mol. The largest absolute Gasteiger partial charge is 0.354 e. The van der Waals surface area contributed by atoms with Crippen molar-refractivity contribution < 1.29 is 19.5 Å². The zero-order valence-corrected chi connectivity index (χ0v) is 89.9. The number of thiol groups is 1. The van der Waals surface area contributed by atoms with E-state index in [1.807, 2.05) is 108 Å². The Balaban J connectivity index is 0.000000112. The second-order valence-electron chi connectivity index (χ2n) is 33.5. The second-order valence-corrected chi connectivity index (χ2v) is 43.9. The van der Waals surface area contributed by atoms with E-state index in [1.54, 1.807) is 35.6 Å². The molecule has 0 aliphatic heterocycles. The zero-order chi connectivity index (χ0) is 101. The number of nitro groups is 2. The summed E-state index contributed by atoms with van der Waals surface area (Å²) in [6, 6.07) is 156. The minimum atomic E-state index is -0.584. The second kappa shape index (κ2) is 48.5. The van der Waals surface area contributed by atoms with Crippen LogP contribution in [0, 0.1) is 27.2 Å². The number of aromatic amines is 2. The van der Waals surface area contributed by atoms with Gasteiger partial charge in [0.1, 0.15) is 0 Å². The van der Waals surface area contributed by atoms with E-state index in [9.17, 15) is 20.2 Å². The number of aryl methyl sites for hydroxylation is 1. The van der Waals surface area contributed by atoms with Gasteiger partial charge in [0.05, 0.1) is 46.9 Å². The number of nitrogens with one attached hydrogen (secondary N) is 2. The van der Waals surface area contributed by atoms with E-state index in [4.69, 9.17) is 5.02 Å². The summed E-state index contributed by atoms with van der Waals surface area (Å²) in [5, 5.41) is 54.8. The van der Waals surface area contributed by atoms with E-state index in [1.165, 1.54) is 215 Å². The van der Waals surface area contributed by atoms with Crippen LogP contribution >= 0.6 is 125 Å². The van der Waals surface area contributed by atoms with Gasteiger partial charge in [0.15, 0.2) is 5.75 Å². The average molecular weight is 2250 g/mol. The molecule has 3 N–H and O–H groups in total. The Bertz CT molecular complexity index is 9490. The third-order valence-electron chi connectivity index (χ3n) is 24.7. The predicted octanol–water partition coefficient (Wildman–Crippen LogP) is 38.3. The van der Waals surface area contributed by atoms with Gasteiger partial charge in [-0.1, -0.05) is 364 Å². The van der Waals surface area contributed by atoms with Crippen LogP contribution in [0.4, 0.5) is 11.4 Å². The molecule has 0 fully saturated rings. The van der Waals surface area contributed by atoms with Gasteiger partial charge in [-0.25, -0.2) is 0 Å². The first-order chi connectivity index (χ1) is 72.2. The van der Waals surface area contributed by atoms with Gasteiger partial charge >= 0.3 is 38.1 Å². The summed E-state index contributed by atoms with van der Waals surface area (Å²) >= 11 is 23.5. The van der Waals surface area contributed by atoms with Gasteiger partial charge in [-0.2, -0.15) is 0 Å². The molecule has 0 saturated heterocycles. The number of rotatable bonds is 9. The fourth-order valence-corrected chi connectivity index (χ4v) is 27.9. The van der Waals surface area contributed by atoms with Crippen molar-refractivity contribution in [3.63, 3.8) is 0 Å². The molecule has 0 bridgehead atoms. The number of aromatic nitrogens is 3. The molecular weight excluding hydrogens is 2150 g/mol. The number of nitro benzene ring substituents is 2. The number of halogens is 3. The van der Waals surface area contributed by atoms with E-state index >= 15 is 0 Å². The summed E-state index contributed by atoms with van der Waals surface area (Å²) in [5.41, 5.74) is 11.5. The molecule has 0 saturated carbocycles. The van der Waals surface area contributed by atoms with E-state index < -0.39 is 12.8 Å². The van der Waals surface area contributed by atoms with Gasteiger partial charge < -0.3 is 24.2 Å². The number of hydrogen-bond donors (Lipinski definition) is 4. The molecule has 20 aromatic carbocycles. The minimum Gasteiger partial charge on any atom is -0.354 e. The van der Waals surface area contributed by atoms with Crippen molar-refractivity contribution >= 4 is 334 Å². The molecule has 722 valence electrons. The number of hydrogen-bond acceptors (Lipinski definition) is 13. The van der Waals surface area contributed by atoms with E-state index in [0.29, 0.717) is 13.2 Å². The quantitative estimate of drug-likeness (QED) is 0.0369. The molecule has 0 atom stereocenters. The van der Waals surface area contributed by atoms with Crippen LogP contribution in [0.1, 0.15) is 26.8 Å². The molecule has 0 aliphatic rings. The summed E-state index contributed by atoms with van der Waals surface area (Å²) in [7, 11) is 4.30. The van der Waals surface area contributed by atoms with Gasteiger partial charge in [0, 0.05) is 166 Å². The maximum Gasteiger partial charge on any atom is 0.0559 e. The van der Waals surface area contributed by atoms with Crippen LogP contribution in [-0.2, 0) is 0 Å². The van der Waals surface area contributed by atoms with Gasteiger partial charge in [-0.3, -0.25) is 20.2 Å². The van der Waals surface area contributed by atoms with Crippen LogP contribution in [0.3, 0.4) is 0 Å². The van der Waals surface area contributed by atoms with Crippen LogP contribution in [0.5, 0.6) is 5.75 Å². The standard InChI is InChI=1S/C24H14BrNS.C18H10BrNS.C18H11NO2S.C18H11NS.C18H15P.C12H7BrS.C7H8.C6H5BNO4.C2H6.CH4.BHNS/c25-19-14-18-16-10-4-6-12-20(16)26(15-8-2-1-3-9-15)23(18)22-17-11-5-7-13-21(17)27-24(19)22;19-13-9-12-10-5-1-3-7-14(10)20-17(12)16-11-6-2-4-8-15(11)21-18(13)16;20-19(21)16-7-3-1-5-13(16)12-9-10-18-15(11-12)14-6-2-4-8-17(14)22-18;1-3-7-14-11(5-1)12-9-10-16-17(18(12)19-14)13-6-2-4-8-15(13)20-16;1-4-10-16(11-5-1)19(17-12-6-2-7-13-17)18-14-8-3-9-15-18;13-8-5-6-12-10(7-8)9-3-1-2-4-11(9)14-12;1-7-5-3-2-4-6-7;9-7-12-6-4-2-1-3-5(6)8(10)11;1-2;;1-2-3/h1-14H;1-9,20H;1-11H;1-10,19H;1-15H;1-7H;2-6H,1H3;1-4,9H;1-2H3;1H4;3H. The summed E-state index contributed by atoms with van der Waals surface area (Å²) in [4.78, 5) is 27.9. The zero-order valence-electron chi connectivity index (χ0n) is 79.3. The predicted molar refractivity (Wildman–Crippen MR) is 658 cm³/mol. The van der Waals surface area contributed by atoms with Crippen molar-refractivity contribution in [3.05, 3.63) is 494 Å². The number of fused-ring (bicyclic) bond motifs is 27. The van der Waals surface area contributed by atoms with E-state index in [-0.39, 0.29) is 29.5 Å². The SMILES string of the molecule is Brc1cc2c3ccccc3[nH]c2c2c1sc1ccccc12.Brc1cc2c3ccccc3n(-c3ccccc3)c2c2c1sc1ccccc12.Brc1ccc2sc3ccccc3c2c1.C.CC.Cc1ccccc1.O=[N+]([O-])c1ccccc1-c1ccc2sc3ccccc3c2c1.O=[N+]([O-])c1ccccc1O[B]O.[B]=NS.c1ccc(P(c2ccccc2)c2ccccc2)cc1.c1ccc2c(c1)[nH]c1c2ccc2sc3ccccc3c21. The van der Waals surface area contributed by atoms with Gasteiger partial charge in [-0.15, -0.1) is 56.7 Å². The van der Waals surface area contributed by atoms with Crippen LogP contribution in [-0.4, -0.2) is 44.7 Å². The van der Waals surface area contributed by atoms with Crippen LogP contribution in [0.25, 0.3) is 183 Å². The van der Waals surface area contributed by atoms with Crippen molar-refractivity contribution in [1.82, 2.24) is 14.5 Å². The first kappa shape index (κ1) is 104. The van der Waals surface area contributed by atoms with Crippen molar-refractivity contribution in [2.24, 2.45) is 4.30 Å². The summed E-state index contributed by atoms with van der Waals surface area (Å²) in [6.45, 7) is 6.08. The molecule has 24 heteroatoms. The maximum absolute atomic E-state index is 11.2. The fraction of sp³-hybridized carbons (Fsp3) is 0.0323. The molecular formula is C124H92B2Br3N6O6PS6. The molecule has 0 unspecified atom stereocenters. The van der Waals surface area contributed by atoms with Crippen molar-refractivity contribution in [2.75, 3.05) is 0 Å². The molecule has 28 aromatic rings. The topological polar surface area (TPSA) is 165 Å². The van der Waals surface area contributed by atoms with E-state index in [2.05, 4.69) is 463 Å². The third kappa shape index (κ3) is 22.3. The van der Waals surface area contributed by atoms with Crippen LogP contribution in [0.2, 0.25) is 0 Å². The molecule has 8 aromatic heterocycles. The van der Waals surface area contributed by atoms with Gasteiger partial charge in [0.25, 0.3) is 5.69 Å².